The summed E-state index contributed by atoms with van der Waals surface area (Å²) in [6, 6.07) is 10.4. The third-order valence-corrected chi connectivity index (χ3v) is 3.30. The molecule has 3 heteroatoms. The van der Waals surface area contributed by atoms with Crippen molar-refractivity contribution in [1.29, 1.82) is 0 Å². The summed E-state index contributed by atoms with van der Waals surface area (Å²) < 4.78 is 5.99. The number of pyridine rings is 1. The molecule has 1 unspecified atom stereocenters. The lowest BCUT2D eigenvalue weighted by molar-refractivity contribution is 0.234. The molecule has 0 aliphatic rings. The van der Waals surface area contributed by atoms with Gasteiger partial charge in [0.05, 0.1) is 5.52 Å². The normalized spacial score (nSPS) is 12.8. The van der Waals surface area contributed by atoms with E-state index in [1.54, 1.807) is 0 Å². The van der Waals surface area contributed by atoms with Crippen molar-refractivity contribution in [2.45, 2.75) is 26.8 Å². The van der Waals surface area contributed by atoms with Crippen LogP contribution in [0.25, 0.3) is 10.9 Å². The Morgan fingerprint density at radius 1 is 1.21 bits per heavy atom. The second-order valence-electron chi connectivity index (χ2n) is 5.05. The maximum atomic E-state index is 5.99. The smallest absolute Gasteiger partial charge is 0.128 e. The van der Waals surface area contributed by atoms with Gasteiger partial charge < -0.3 is 10.1 Å². The lowest BCUT2D eigenvalue weighted by Crippen LogP contribution is -2.38. The Bertz CT molecular complexity index is 520. The fourth-order valence-corrected chi connectivity index (χ4v) is 2.13. The van der Waals surface area contributed by atoms with E-state index in [0.717, 1.165) is 23.2 Å². The number of aromatic nitrogens is 1. The topological polar surface area (TPSA) is 34.1 Å². The predicted molar refractivity (Wildman–Crippen MR) is 79.5 cm³/mol. The molecule has 1 aromatic heterocycles. The van der Waals surface area contributed by atoms with E-state index < -0.39 is 0 Å². The van der Waals surface area contributed by atoms with Gasteiger partial charge in [-0.2, -0.15) is 0 Å². The Labute approximate surface area is 115 Å². The second-order valence-corrected chi connectivity index (χ2v) is 5.05. The molecular formula is C16H22N2O. The molecule has 0 aliphatic carbocycles. The van der Waals surface area contributed by atoms with Gasteiger partial charge in [0.2, 0.25) is 0 Å². The zero-order chi connectivity index (χ0) is 13.7. The van der Waals surface area contributed by atoms with Crippen LogP contribution < -0.4 is 10.1 Å². The van der Waals surface area contributed by atoms with Gasteiger partial charge in [-0.3, -0.25) is 4.98 Å². The van der Waals surface area contributed by atoms with Gasteiger partial charge in [0.15, 0.2) is 0 Å². The minimum atomic E-state index is 0.372. The minimum Gasteiger partial charge on any atom is -0.491 e. The van der Waals surface area contributed by atoms with Crippen LogP contribution in [0.1, 0.15) is 20.8 Å². The minimum absolute atomic E-state index is 0.372. The maximum Gasteiger partial charge on any atom is 0.128 e. The van der Waals surface area contributed by atoms with Gasteiger partial charge in [0, 0.05) is 17.6 Å². The van der Waals surface area contributed by atoms with Crippen molar-refractivity contribution in [3.63, 3.8) is 0 Å². The quantitative estimate of drug-likeness (QED) is 0.863. The number of fused-ring (bicyclic) bond motifs is 1. The van der Waals surface area contributed by atoms with Crippen molar-refractivity contribution < 1.29 is 4.74 Å². The average Bonchev–Trinajstić information content (AvgIpc) is 2.43. The van der Waals surface area contributed by atoms with E-state index in [1.807, 2.05) is 30.5 Å². The van der Waals surface area contributed by atoms with Crippen molar-refractivity contribution in [1.82, 2.24) is 10.3 Å². The molecule has 2 rings (SSSR count). The number of benzene rings is 1. The van der Waals surface area contributed by atoms with E-state index in [9.17, 15) is 0 Å². The lowest BCUT2D eigenvalue weighted by atomic mass is 10.1. The highest BCUT2D eigenvalue weighted by Gasteiger charge is 2.13. The fraction of sp³-hybridized carbons (Fsp3) is 0.438. The summed E-state index contributed by atoms with van der Waals surface area (Å²) in [4.78, 5) is 4.34. The highest BCUT2D eigenvalue weighted by atomic mass is 16.5. The first-order valence-electron chi connectivity index (χ1n) is 6.92. The standard InChI is InChI=1S/C16H22N2O/c1-4-17-15(12(2)3)11-19-16-9-5-8-14-13(16)7-6-10-18-14/h5-10,12,15,17H,4,11H2,1-3H3. The van der Waals surface area contributed by atoms with Crippen LogP contribution in [0.4, 0.5) is 0 Å². The van der Waals surface area contributed by atoms with Crippen LogP contribution in [0.15, 0.2) is 36.5 Å². The van der Waals surface area contributed by atoms with Crippen LogP contribution in [0, 0.1) is 5.92 Å². The van der Waals surface area contributed by atoms with E-state index in [-0.39, 0.29) is 0 Å². The van der Waals surface area contributed by atoms with Gasteiger partial charge in [-0.15, -0.1) is 0 Å². The number of hydrogen-bond donors (Lipinski definition) is 1. The van der Waals surface area contributed by atoms with Gasteiger partial charge in [0.1, 0.15) is 12.4 Å². The molecule has 0 saturated heterocycles. The summed E-state index contributed by atoms with van der Waals surface area (Å²) in [6.45, 7) is 8.18. The first kappa shape index (κ1) is 13.8. The largest absolute Gasteiger partial charge is 0.491 e. The van der Waals surface area contributed by atoms with Crippen molar-refractivity contribution in [3.05, 3.63) is 36.5 Å². The summed E-state index contributed by atoms with van der Waals surface area (Å²) in [5.41, 5.74) is 0.976. The summed E-state index contributed by atoms with van der Waals surface area (Å²) in [6.07, 6.45) is 1.81. The van der Waals surface area contributed by atoms with Crippen LogP contribution in [0.2, 0.25) is 0 Å². The van der Waals surface area contributed by atoms with Crippen LogP contribution >= 0.6 is 0 Å². The Hall–Kier alpha value is -1.61. The molecule has 1 atom stereocenters. The number of rotatable bonds is 6. The van der Waals surface area contributed by atoms with Crippen molar-refractivity contribution in [2.75, 3.05) is 13.2 Å². The first-order valence-corrected chi connectivity index (χ1v) is 6.92. The van der Waals surface area contributed by atoms with E-state index in [1.165, 1.54) is 0 Å². The highest BCUT2D eigenvalue weighted by Crippen LogP contribution is 2.24. The molecule has 0 fully saturated rings. The maximum absolute atomic E-state index is 5.99. The molecule has 0 aliphatic heterocycles. The molecule has 19 heavy (non-hydrogen) atoms. The molecule has 2 aromatic rings. The Kier molecular flexibility index (Phi) is 4.74. The third-order valence-electron chi connectivity index (χ3n) is 3.30. The Balaban J connectivity index is 2.13. The van der Waals surface area contributed by atoms with E-state index >= 15 is 0 Å². The third kappa shape index (κ3) is 3.44. The summed E-state index contributed by atoms with van der Waals surface area (Å²) in [7, 11) is 0. The first-order chi connectivity index (χ1) is 9.22. The summed E-state index contributed by atoms with van der Waals surface area (Å²) >= 11 is 0. The van der Waals surface area contributed by atoms with Crippen molar-refractivity contribution in [3.8, 4) is 5.75 Å². The average molecular weight is 258 g/mol. The van der Waals surface area contributed by atoms with E-state index in [4.69, 9.17) is 4.74 Å². The SMILES string of the molecule is CCNC(COc1cccc2ncccc12)C(C)C. The van der Waals surface area contributed by atoms with Crippen LogP contribution in [-0.4, -0.2) is 24.2 Å². The van der Waals surface area contributed by atoms with Gasteiger partial charge in [0.25, 0.3) is 0 Å². The number of nitrogens with zero attached hydrogens (tertiary/aromatic N) is 1. The monoisotopic (exact) mass is 258 g/mol. The van der Waals surface area contributed by atoms with Gasteiger partial charge >= 0.3 is 0 Å². The molecule has 0 bridgehead atoms. The molecule has 1 aromatic carbocycles. The zero-order valence-corrected chi connectivity index (χ0v) is 11.9. The zero-order valence-electron chi connectivity index (χ0n) is 11.9. The molecule has 0 saturated carbocycles. The van der Waals surface area contributed by atoms with Gasteiger partial charge in [-0.05, 0) is 36.7 Å². The highest BCUT2D eigenvalue weighted by molar-refractivity contribution is 5.84. The number of ether oxygens (including phenoxy) is 1. The Morgan fingerprint density at radius 2 is 2.05 bits per heavy atom. The van der Waals surface area contributed by atoms with Crippen LogP contribution in [0.3, 0.4) is 0 Å². The van der Waals surface area contributed by atoms with Crippen molar-refractivity contribution in [2.24, 2.45) is 5.92 Å². The van der Waals surface area contributed by atoms with Crippen LogP contribution in [-0.2, 0) is 0 Å². The van der Waals surface area contributed by atoms with Crippen molar-refractivity contribution >= 4 is 10.9 Å². The molecule has 1 heterocycles. The molecule has 102 valence electrons. The van der Waals surface area contributed by atoms with E-state index in [2.05, 4.69) is 37.1 Å². The molecule has 0 amide bonds. The molecule has 3 nitrogen and oxygen atoms in total. The summed E-state index contributed by atoms with van der Waals surface area (Å²) in [5, 5.41) is 4.53. The lowest BCUT2D eigenvalue weighted by Gasteiger charge is -2.22. The Morgan fingerprint density at radius 3 is 2.79 bits per heavy atom. The van der Waals surface area contributed by atoms with Crippen LogP contribution in [0.5, 0.6) is 5.75 Å². The second kappa shape index (κ2) is 6.53. The van der Waals surface area contributed by atoms with Gasteiger partial charge in [-0.1, -0.05) is 26.8 Å². The summed E-state index contributed by atoms with van der Waals surface area (Å²) in [5.74, 6) is 1.46. The molecule has 0 spiro atoms. The number of nitrogens with one attached hydrogen (secondary N) is 1. The fourth-order valence-electron chi connectivity index (χ4n) is 2.13. The molecular weight excluding hydrogens is 236 g/mol. The van der Waals surface area contributed by atoms with E-state index in [0.29, 0.717) is 18.6 Å². The predicted octanol–water partition coefficient (Wildman–Crippen LogP) is 3.25. The number of hydrogen-bond acceptors (Lipinski definition) is 3. The van der Waals surface area contributed by atoms with Gasteiger partial charge in [-0.25, -0.2) is 0 Å². The molecule has 0 radical (unpaired) electrons. The molecule has 1 N–H and O–H groups in total. The number of likely N-dealkylation sites (N-methyl/N-ethyl adjacent to an activating group) is 1.